The van der Waals surface area contributed by atoms with Gasteiger partial charge in [-0.25, -0.2) is 13.6 Å². The first-order chi connectivity index (χ1) is 8.52. The Balaban J connectivity index is 2.04. The monoisotopic (exact) mass is 277 g/mol. The number of hydrogen-bond donors (Lipinski definition) is 2. The molecule has 2 atom stereocenters. The smallest absolute Gasteiger partial charge is 0.444 e. The molecule has 1 aliphatic carbocycles. The second kappa shape index (κ2) is 4.05. The molecular formula is C11H18BF2NO4. The maximum absolute atomic E-state index is 13.7. The highest BCUT2D eigenvalue weighted by Crippen LogP contribution is 2.76. The SMILES string of the molecule is CC(C)(C)OC(=O)N1CCC2(B(O)O)C(C1)C2(F)F. The molecule has 0 aromatic heterocycles. The summed E-state index contributed by atoms with van der Waals surface area (Å²) in [6, 6.07) is 0. The molecule has 1 saturated heterocycles. The third-order valence-corrected chi connectivity index (χ3v) is 3.91. The van der Waals surface area contributed by atoms with E-state index < -0.39 is 36.0 Å². The number of rotatable bonds is 1. The molecule has 1 saturated carbocycles. The molecule has 1 amide bonds. The van der Waals surface area contributed by atoms with Gasteiger partial charge in [-0.1, -0.05) is 0 Å². The van der Waals surface area contributed by atoms with Crippen molar-refractivity contribution in [2.75, 3.05) is 13.1 Å². The molecule has 0 aromatic carbocycles. The Morgan fingerprint density at radius 3 is 2.42 bits per heavy atom. The first-order valence-corrected chi connectivity index (χ1v) is 6.24. The lowest BCUT2D eigenvalue weighted by molar-refractivity contribution is 0.0198. The molecule has 5 nitrogen and oxygen atoms in total. The van der Waals surface area contributed by atoms with Crippen molar-refractivity contribution in [1.82, 2.24) is 4.90 Å². The van der Waals surface area contributed by atoms with Gasteiger partial charge in [0, 0.05) is 13.1 Å². The first-order valence-electron chi connectivity index (χ1n) is 6.24. The number of ether oxygens (including phenoxy) is 1. The summed E-state index contributed by atoms with van der Waals surface area (Å²) in [4.78, 5) is 13.0. The van der Waals surface area contributed by atoms with Gasteiger partial charge in [-0.2, -0.15) is 0 Å². The molecule has 1 heterocycles. The van der Waals surface area contributed by atoms with Crippen molar-refractivity contribution < 1.29 is 28.4 Å². The van der Waals surface area contributed by atoms with Crippen LogP contribution in [0.4, 0.5) is 13.6 Å². The fraction of sp³-hybridized carbons (Fsp3) is 0.909. The second-order valence-corrected chi connectivity index (χ2v) is 6.27. The highest BCUT2D eigenvalue weighted by Gasteiger charge is 2.85. The van der Waals surface area contributed by atoms with Crippen LogP contribution in [0.15, 0.2) is 0 Å². The van der Waals surface area contributed by atoms with E-state index in [2.05, 4.69) is 0 Å². The summed E-state index contributed by atoms with van der Waals surface area (Å²) < 4.78 is 32.5. The summed E-state index contributed by atoms with van der Waals surface area (Å²) in [6.07, 6.45) is -0.780. The molecular weight excluding hydrogens is 259 g/mol. The fourth-order valence-corrected chi connectivity index (χ4v) is 2.78. The van der Waals surface area contributed by atoms with Crippen LogP contribution in [-0.4, -0.2) is 52.8 Å². The minimum atomic E-state index is -3.14. The van der Waals surface area contributed by atoms with Crippen molar-refractivity contribution in [2.45, 2.75) is 44.0 Å². The van der Waals surface area contributed by atoms with Gasteiger partial charge in [-0.3, -0.25) is 0 Å². The Morgan fingerprint density at radius 2 is 2.00 bits per heavy atom. The molecule has 2 aliphatic rings. The Bertz CT molecular complexity index is 399. The van der Waals surface area contributed by atoms with E-state index in [1.54, 1.807) is 20.8 Å². The van der Waals surface area contributed by atoms with Crippen LogP contribution in [0.25, 0.3) is 0 Å². The summed E-state index contributed by atoms with van der Waals surface area (Å²) >= 11 is 0. The lowest BCUT2D eigenvalue weighted by Gasteiger charge is -2.31. The van der Waals surface area contributed by atoms with E-state index in [9.17, 15) is 13.6 Å². The van der Waals surface area contributed by atoms with E-state index in [0.29, 0.717) is 0 Å². The molecule has 0 aromatic rings. The average Bonchev–Trinajstić information content (AvgIpc) is 2.74. The van der Waals surface area contributed by atoms with Crippen molar-refractivity contribution in [3.05, 3.63) is 0 Å². The van der Waals surface area contributed by atoms with Gasteiger partial charge in [0.15, 0.2) is 0 Å². The van der Waals surface area contributed by atoms with Crippen LogP contribution in [-0.2, 0) is 4.74 Å². The highest BCUT2D eigenvalue weighted by molar-refractivity contribution is 6.48. The Labute approximate surface area is 110 Å². The number of fused-ring (bicyclic) bond motifs is 1. The van der Waals surface area contributed by atoms with Crippen LogP contribution in [0.3, 0.4) is 0 Å². The molecule has 1 aliphatic heterocycles. The third-order valence-electron chi connectivity index (χ3n) is 3.91. The minimum absolute atomic E-state index is 0.0403. The molecule has 8 heteroatoms. The van der Waals surface area contributed by atoms with E-state index in [1.807, 2.05) is 0 Å². The lowest BCUT2D eigenvalue weighted by atomic mass is 9.64. The molecule has 0 radical (unpaired) electrons. The van der Waals surface area contributed by atoms with E-state index in [1.165, 1.54) is 4.90 Å². The number of alkyl halides is 2. The van der Waals surface area contributed by atoms with Gasteiger partial charge in [-0.15, -0.1) is 0 Å². The standard InChI is InChI=1S/C11H18BF2NO4/c1-9(2,3)19-8(16)15-5-4-10(12(17)18)7(6-15)11(10,13)14/h7,17-18H,4-6H2,1-3H3. The van der Waals surface area contributed by atoms with Gasteiger partial charge in [0.2, 0.25) is 0 Å². The molecule has 108 valence electrons. The third kappa shape index (κ3) is 2.10. The Hall–Kier alpha value is -0.885. The Kier molecular flexibility index (Phi) is 3.10. The molecule has 0 spiro atoms. The minimum Gasteiger partial charge on any atom is -0.444 e. The predicted molar refractivity (Wildman–Crippen MR) is 63.7 cm³/mol. The maximum atomic E-state index is 13.7. The summed E-state index contributed by atoms with van der Waals surface area (Å²) in [5, 5.41) is 16.5. The molecule has 19 heavy (non-hydrogen) atoms. The second-order valence-electron chi connectivity index (χ2n) is 6.27. The summed E-state index contributed by atoms with van der Waals surface area (Å²) in [6.45, 7) is 4.92. The van der Waals surface area contributed by atoms with Crippen LogP contribution in [0, 0.1) is 5.92 Å². The van der Waals surface area contributed by atoms with Gasteiger partial charge in [-0.05, 0) is 27.2 Å². The van der Waals surface area contributed by atoms with Crippen LogP contribution >= 0.6 is 0 Å². The largest absolute Gasteiger partial charge is 0.464 e. The highest BCUT2D eigenvalue weighted by atomic mass is 19.3. The topological polar surface area (TPSA) is 70.0 Å². The molecule has 2 fully saturated rings. The quantitative estimate of drug-likeness (QED) is 0.704. The van der Waals surface area contributed by atoms with Crippen molar-refractivity contribution in [3.8, 4) is 0 Å². The number of likely N-dealkylation sites (tertiary alicyclic amines) is 1. The number of carbonyl (C=O) groups excluding carboxylic acids is 1. The molecule has 2 N–H and O–H groups in total. The van der Waals surface area contributed by atoms with Crippen LogP contribution in [0.5, 0.6) is 0 Å². The van der Waals surface area contributed by atoms with E-state index >= 15 is 0 Å². The Morgan fingerprint density at radius 1 is 1.42 bits per heavy atom. The summed E-state index contributed by atoms with van der Waals surface area (Å²) in [7, 11) is -2.06. The van der Waals surface area contributed by atoms with Crippen LogP contribution < -0.4 is 0 Å². The number of nitrogens with zero attached hydrogens (tertiary/aromatic N) is 1. The number of carbonyl (C=O) groups is 1. The van der Waals surface area contributed by atoms with E-state index in [4.69, 9.17) is 14.8 Å². The maximum Gasteiger partial charge on any atom is 0.464 e. The molecule has 0 bridgehead atoms. The predicted octanol–water partition coefficient (Wildman–Crippen LogP) is 1.11. The van der Waals surface area contributed by atoms with Crippen LogP contribution in [0.2, 0.25) is 5.31 Å². The number of piperidine rings is 1. The number of amides is 1. The van der Waals surface area contributed by atoms with Gasteiger partial charge in [0.05, 0.1) is 11.2 Å². The van der Waals surface area contributed by atoms with Crippen molar-refractivity contribution >= 4 is 13.2 Å². The van der Waals surface area contributed by atoms with Gasteiger partial charge in [0.25, 0.3) is 5.92 Å². The first kappa shape index (κ1) is 14.5. The lowest BCUT2D eigenvalue weighted by Crippen LogP contribution is -2.43. The van der Waals surface area contributed by atoms with Gasteiger partial charge in [0.1, 0.15) is 5.60 Å². The van der Waals surface area contributed by atoms with Crippen molar-refractivity contribution in [2.24, 2.45) is 5.92 Å². The zero-order valence-electron chi connectivity index (χ0n) is 11.2. The van der Waals surface area contributed by atoms with Gasteiger partial charge < -0.3 is 19.7 Å². The van der Waals surface area contributed by atoms with Gasteiger partial charge >= 0.3 is 13.2 Å². The summed E-state index contributed by atoms with van der Waals surface area (Å²) in [5.74, 6) is -4.35. The zero-order chi connectivity index (χ0) is 14.6. The number of halogens is 2. The average molecular weight is 277 g/mol. The normalized spacial score (nSPS) is 32.6. The van der Waals surface area contributed by atoms with E-state index in [0.717, 1.165) is 0 Å². The number of hydrogen-bond acceptors (Lipinski definition) is 4. The van der Waals surface area contributed by atoms with Crippen molar-refractivity contribution in [3.63, 3.8) is 0 Å². The molecule has 2 rings (SSSR count). The fourth-order valence-electron chi connectivity index (χ4n) is 2.78. The molecule has 2 unspecified atom stereocenters. The van der Waals surface area contributed by atoms with E-state index in [-0.39, 0.29) is 19.5 Å². The summed E-state index contributed by atoms with van der Waals surface area (Å²) in [5.41, 5.74) is -0.686. The van der Waals surface area contributed by atoms with Crippen molar-refractivity contribution in [1.29, 1.82) is 0 Å². The van der Waals surface area contributed by atoms with Crippen LogP contribution in [0.1, 0.15) is 27.2 Å². The zero-order valence-corrected chi connectivity index (χ0v) is 11.2.